The van der Waals surface area contributed by atoms with Crippen LogP contribution in [0.3, 0.4) is 0 Å². The summed E-state index contributed by atoms with van der Waals surface area (Å²) in [5.74, 6) is -0.615. The van der Waals surface area contributed by atoms with Crippen LogP contribution in [0.25, 0.3) is 26.4 Å². The predicted molar refractivity (Wildman–Crippen MR) is 112 cm³/mol. The van der Waals surface area contributed by atoms with Crippen molar-refractivity contribution < 1.29 is 9.53 Å². The molecular formula is C21H17ClN2O3S. The lowest BCUT2D eigenvalue weighted by Crippen LogP contribution is -2.12. The van der Waals surface area contributed by atoms with Gasteiger partial charge in [0.05, 0.1) is 28.4 Å². The van der Waals surface area contributed by atoms with E-state index in [1.54, 1.807) is 19.1 Å². The lowest BCUT2D eigenvalue weighted by molar-refractivity contribution is -0.144. The zero-order chi connectivity index (χ0) is 19.8. The normalized spacial score (nSPS) is 12.4. The van der Waals surface area contributed by atoms with Gasteiger partial charge in [-0.05, 0) is 49.2 Å². The Morgan fingerprint density at radius 2 is 1.96 bits per heavy atom. The minimum absolute atomic E-state index is 0.252. The van der Waals surface area contributed by atoms with E-state index in [2.05, 4.69) is 4.98 Å². The number of aromatic nitrogens is 2. The molecule has 2 aromatic heterocycles. The molecule has 0 amide bonds. The molecule has 7 heteroatoms. The summed E-state index contributed by atoms with van der Waals surface area (Å²) in [5, 5.41) is 0.633. The molecule has 4 rings (SSSR count). The lowest BCUT2D eigenvalue weighted by Gasteiger charge is -2.11. The van der Waals surface area contributed by atoms with Gasteiger partial charge in [-0.3, -0.25) is 14.0 Å². The van der Waals surface area contributed by atoms with Crippen LogP contribution >= 0.6 is 22.9 Å². The molecule has 0 N–H and O–H groups in total. The Balaban J connectivity index is 1.91. The predicted octanol–water partition coefficient (Wildman–Crippen LogP) is 4.90. The van der Waals surface area contributed by atoms with Gasteiger partial charge in [-0.1, -0.05) is 41.1 Å². The molecule has 0 radical (unpaired) electrons. The van der Waals surface area contributed by atoms with E-state index in [0.717, 1.165) is 27.0 Å². The molecule has 5 nitrogen and oxygen atoms in total. The molecule has 0 bridgehead atoms. The highest BCUT2D eigenvalue weighted by atomic mass is 35.5. The minimum Gasteiger partial charge on any atom is -0.466 e. The molecule has 1 unspecified atom stereocenters. The number of esters is 1. The van der Waals surface area contributed by atoms with Crippen LogP contribution in [-0.4, -0.2) is 22.0 Å². The summed E-state index contributed by atoms with van der Waals surface area (Å²) >= 11 is 7.42. The summed E-state index contributed by atoms with van der Waals surface area (Å²) < 4.78 is 8.03. The van der Waals surface area contributed by atoms with E-state index in [9.17, 15) is 9.59 Å². The molecule has 2 heterocycles. The van der Waals surface area contributed by atoms with Gasteiger partial charge in [0.1, 0.15) is 0 Å². The number of benzene rings is 2. The van der Waals surface area contributed by atoms with Gasteiger partial charge in [0.2, 0.25) is 0 Å². The number of hydrogen-bond donors (Lipinski definition) is 0. The molecule has 0 fully saturated rings. The van der Waals surface area contributed by atoms with Crippen molar-refractivity contribution in [3.05, 3.63) is 69.5 Å². The number of halogens is 1. The fourth-order valence-electron chi connectivity index (χ4n) is 3.16. The van der Waals surface area contributed by atoms with Crippen LogP contribution in [0.1, 0.15) is 25.3 Å². The number of ether oxygens (including phenoxy) is 1. The molecule has 2 aromatic carbocycles. The van der Waals surface area contributed by atoms with E-state index in [4.69, 9.17) is 16.3 Å². The second-order valence-electron chi connectivity index (χ2n) is 6.41. The maximum atomic E-state index is 12.2. The molecule has 0 saturated carbocycles. The van der Waals surface area contributed by atoms with Gasteiger partial charge in [-0.2, -0.15) is 4.98 Å². The highest BCUT2D eigenvalue weighted by molar-refractivity contribution is 7.23. The Bertz CT molecular complexity index is 1240. The van der Waals surface area contributed by atoms with E-state index >= 15 is 0 Å². The smallest absolute Gasteiger partial charge is 0.313 e. The van der Waals surface area contributed by atoms with Gasteiger partial charge >= 0.3 is 5.97 Å². The Labute approximate surface area is 170 Å². The zero-order valence-electron chi connectivity index (χ0n) is 15.3. The minimum atomic E-state index is -0.363. The van der Waals surface area contributed by atoms with Crippen molar-refractivity contribution in [2.45, 2.75) is 19.8 Å². The van der Waals surface area contributed by atoms with Crippen LogP contribution in [0.4, 0.5) is 0 Å². The van der Waals surface area contributed by atoms with Crippen molar-refractivity contribution in [3.8, 4) is 11.3 Å². The maximum Gasteiger partial charge on any atom is 0.313 e. The van der Waals surface area contributed by atoms with E-state index < -0.39 is 0 Å². The quantitative estimate of drug-likeness (QED) is 0.447. The van der Waals surface area contributed by atoms with Crippen molar-refractivity contribution in [3.63, 3.8) is 0 Å². The van der Waals surface area contributed by atoms with Crippen LogP contribution in [0.15, 0.2) is 53.3 Å². The van der Waals surface area contributed by atoms with E-state index in [1.165, 1.54) is 17.4 Å². The first kappa shape index (κ1) is 18.7. The van der Waals surface area contributed by atoms with Gasteiger partial charge in [-0.15, -0.1) is 0 Å². The Kier molecular flexibility index (Phi) is 4.91. The van der Waals surface area contributed by atoms with Crippen molar-refractivity contribution in [2.75, 3.05) is 6.61 Å². The average Bonchev–Trinajstić information content (AvgIpc) is 3.04. The van der Waals surface area contributed by atoms with E-state index in [-0.39, 0.29) is 17.4 Å². The first-order chi connectivity index (χ1) is 13.5. The summed E-state index contributed by atoms with van der Waals surface area (Å²) in [6.45, 7) is 3.97. The van der Waals surface area contributed by atoms with Crippen molar-refractivity contribution in [1.82, 2.24) is 9.38 Å². The Morgan fingerprint density at radius 1 is 1.21 bits per heavy atom. The number of carbonyl (C=O) groups is 1. The van der Waals surface area contributed by atoms with Crippen molar-refractivity contribution in [1.29, 1.82) is 0 Å². The van der Waals surface area contributed by atoms with Gasteiger partial charge in [0.25, 0.3) is 5.56 Å². The molecule has 0 aliphatic carbocycles. The number of rotatable bonds is 4. The number of thiazole rings is 1. The van der Waals surface area contributed by atoms with Gasteiger partial charge < -0.3 is 4.74 Å². The molecule has 0 aliphatic rings. The molecule has 0 spiro atoms. The van der Waals surface area contributed by atoms with Crippen molar-refractivity contribution in [2.24, 2.45) is 0 Å². The lowest BCUT2D eigenvalue weighted by atomic mass is 10.0. The molecular weight excluding hydrogens is 396 g/mol. The second kappa shape index (κ2) is 7.37. The molecule has 1 atom stereocenters. The number of nitrogens with zero attached hydrogens (tertiary/aromatic N) is 2. The fraction of sp³-hybridized carbons (Fsp3) is 0.190. The monoisotopic (exact) mass is 412 g/mol. The van der Waals surface area contributed by atoms with Crippen molar-refractivity contribution >= 4 is 44.1 Å². The summed E-state index contributed by atoms with van der Waals surface area (Å²) in [6, 6.07) is 14.7. The third kappa shape index (κ3) is 3.30. The molecule has 0 saturated heterocycles. The van der Waals surface area contributed by atoms with Crippen LogP contribution in [0, 0.1) is 0 Å². The standard InChI is InChI=1S/C21H17ClN2O3S/c1-3-27-20(26)12(2)14-6-9-16-18(10-14)28-21-23-19(25)11-17(24(16)21)13-4-7-15(22)8-5-13/h4-12H,3H2,1-2H3. The van der Waals surface area contributed by atoms with E-state index in [0.29, 0.717) is 16.6 Å². The fourth-order valence-corrected chi connectivity index (χ4v) is 4.37. The molecule has 142 valence electrons. The van der Waals surface area contributed by atoms with Crippen LogP contribution < -0.4 is 5.56 Å². The summed E-state index contributed by atoms with van der Waals surface area (Å²) in [5.41, 5.74) is 3.13. The van der Waals surface area contributed by atoms with Crippen LogP contribution in [0.2, 0.25) is 5.02 Å². The SMILES string of the molecule is CCOC(=O)C(C)c1ccc2c(c1)sc1nc(=O)cc(-c3ccc(Cl)cc3)n12. The highest BCUT2D eigenvalue weighted by Crippen LogP contribution is 2.32. The van der Waals surface area contributed by atoms with Crippen LogP contribution in [-0.2, 0) is 9.53 Å². The molecule has 4 aromatic rings. The van der Waals surface area contributed by atoms with Gasteiger partial charge in [0.15, 0.2) is 4.96 Å². The number of carbonyl (C=O) groups excluding carboxylic acids is 1. The number of hydrogen-bond acceptors (Lipinski definition) is 5. The van der Waals surface area contributed by atoms with Crippen LogP contribution in [0.5, 0.6) is 0 Å². The zero-order valence-corrected chi connectivity index (χ0v) is 16.9. The largest absolute Gasteiger partial charge is 0.466 e. The van der Waals surface area contributed by atoms with Gasteiger partial charge in [0, 0.05) is 11.1 Å². The topological polar surface area (TPSA) is 60.7 Å². The highest BCUT2D eigenvalue weighted by Gasteiger charge is 2.18. The third-order valence-electron chi connectivity index (χ3n) is 4.60. The summed E-state index contributed by atoms with van der Waals surface area (Å²) in [4.78, 5) is 29.0. The molecule has 0 aliphatic heterocycles. The summed E-state index contributed by atoms with van der Waals surface area (Å²) in [7, 11) is 0. The average molecular weight is 413 g/mol. The summed E-state index contributed by atoms with van der Waals surface area (Å²) in [6.07, 6.45) is 0. The van der Waals surface area contributed by atoms with Gasteiger partial charge in [-0.25, -0.2) is 0 Å². The Morgan fingerprint density at radius 3 is 2.68 bits per heavy atom. The second-order valence-corrected chi connectivity index (χ2v) is 7.85. The first-order valence-electron chi connectivity index (χ1n) is 8.86. The number of fused-ring (bicyclic) bond motifs is 3. The Hall–Kier alpha value is -2.70. The van der Waals surface area contributed by atoms with E-state index in [1.807, 2.05) is 41.7 Å². The maximum absolute atomic E-state index is 12.2. The third-order valence-corrected chi connectivity index (χ3v) is 5.86. The molecule has 28 heavy (non-hydrogen) atoms. The first-order valence-corrected chi connectivity index (χ1v) is 10.1.